The second-order valence-corrected chi connectivity index (χ2v) is 4.96. The fraction of sp³-hybridized carbons (Fsp3) is 0.176. The van der Waals surface area contributed by atoms with Gasteiger partial charge in [-0.1, -0.05) is 6.07 Å². The van der Waals surface area contributed by atoms with E-state index < -0.39 is 5.91 Å². The largest absolute Gasteiger partial charge is 0.504 e. The minimum Gasteiger partial charge on any atom is -0.504 e. The smallest absolute Gasteiger partial charge is 0.258 e. The fourth-order valence-electron chi connectivity index (χ4n) is 1.95. The molecule has 0 saturated heterocycles. The van der Waals surface area contributed by atoms with Gasteiger partial charge in [0.15, 0.2) is 18.1 Å². The van der Waals surface area contributed by atoms with Crippen molar-refractivity contribution in [1.82, 2.24) is 5.32 Å². The molecule has 0 aliphatic carbocycles. The molecule has 0 spiro atoms. The third kappa shape index (κ3) is 4.64. The third-order valence-electron chi connectivity index (χ3n) is 3.24. The number of nitrogens with two attached hydrogens (primary N) is 1. The van der Waals surface area contributed by atoms with Gasteiger partial charge in [0.1, 0.15) is 5.75 Å². The van der Waals surface area contributed by atoms with Crippen molar-refractivity contribution in [2.24, 2.45) is 5.73 Å². The van der Waals surface area contributed by atoms with Crippen molar-refractivity contribution in [3.05, 3.63) is 53.6 Å². The Morgan fingerprint density at radius 2 is 1.88 bits per heavy atom. The molecule has 0 aliphatic rings. The van der Waals surface area contributed by atoms with E-state index in [1.54, 1.807) is 24.3 Å². The monoisotopic (exact) mass is 330 g/mol. The first-order chi connectivity index (χ1) is 11.5. The minimum absolute atomic E-state index is 0.0373. The Kier molecular flexibility index (Phi) is 5.62. The van der Waals surface area contributed by atoms with E-state index in [0.29, 0.717) is 17.1 Å². The molecule has 126 valence electrons. The molecule has 2 rings (SSSR count). The first kappa shape index (κ1) is 17.1. The van der Waals surface area contributed by atoms with E-state index in [0.717, 1.165) is 5.56 Å². The van der Waals surface area contributed by atoms with E-state index in [1.807, 2.05) is 0 Å². The number of phenolic OH excluding ortho intramolecular Hbond substituents is 1. The second-order valence-electron chi connectivity index (χ2n) is 4.96. The molecule has 2 aromatic carbocycles. The summed E-state index contributed by atoms with van der Waals surface area (Å²) in [6.45, 7) is 0.116. The predicted molar refractivity (Wildman–Crippen MR) is 87.0 cm³/mol. The lowest BCUT2D eigenvalue weighted by Gasteiger charge is -2.09. The Balaban J connectivity index is 1.82. The van der Waals surface area contributed by atoms with Gasteiger partial charge >= 0.3 is 0 Å². The number of nitrogens with one attached hydrogen (secondary N) is 1. The molecule has 24 heavy (non-hydrogen) atoms. The summed E-state index contributed by atoms with van der Waals surface area (Å²) < 4.78 is 10.3. The van der Waals surface area contributed by atoms with Crippen molar-refractivity contribution in [3.63, 3.8) is 0 Å². The highest BCUT2D eigenvalue weighted by Gasteiger charge is 2.06. The summed E-state index contributed by atoms with van der Waals surface area (Å²) in [4.78, 5) is 22.8. The minimum atomic E-state index is -0.524. The molecule has 0 atom stereocenters. The van der Waals surface area contributed by atoms with E-state index in [-0.39, 0.29) is 24.8 Å². The van der Waals surface area contributed by atoms with Gasteiger partial charge in [0.25, 0.3) is 5.91 Å². The van der Waals surface area contributed by atoms with Gasteiger partial charge in [0.05, 0.1) is 7.11 Å². The van der Waals surface area contributed by atoms with E-state index >= 15 is 0 Å². The number of ether oxygens (including phenoxy) is 2. The lowest BCUT2D eigenvalue weighted by atomic mass is 10.2. The van der Waals surface area contributed by atoms with Crippen molar-refractivity contribution in [2.75, 3.05) is 13.7 Å². The van der Waals surface area contributed by atoms with Crippen LogP contribution in [-0.4, -0.2) is 30.6 Å². The first-order valence-corrected chi connectivity index (χ1v) is 7.15. The van der Waals surface area contributed by atoms with Crippen LogP contribution in [0.5, 0.6) is 17.2 Å². The summed E-state index contributed by atoms with van der Waals surface area (Å²) in [7, 11) is 1.45. The average Bonchev–Trinajstić information content (AvgIpc) is 2.59. The summed E-state index contributed by atoms with van der Waals surface area (Å²) in [5, 5.41) is 12.2. The Hall–Kier alpha value is -3.22. The molecule has 0 fully saturated rings. The maximum absolute atomic E-state index is 11.8. The summed E-state index contributed by atoms with van der Waals surface area (Å²) >= 11 is 0. The van der Waals surface area contributed by atoms with Crippen LogP contribution >= 0.6 is 0 Å². The van der Waals surface area contributed by atoms with Gasteiger partial charge in [0, 0.05) is 12.1 Å². The summed E-state index contributed by atoms with van der Waals surface area (Å²) in [6.07, 6.45) is 0. The van der Waals surface area contributed by atoms with Crippen LogP contribution in [0.2, 0.25) is 0 Å². The van der Waals surface area contributed by atoms with Crippen LogP contribution in [0.3, 0.4) is 0 Å². The predicted octanol–water partition coefficient (Wildman–Crippen LogP) is 1.19. The highest BCUT2D eigenvalue weighted by atomic mass is 16.5. The number of benzene rings is 2. The molecular formula is C17H18N2O5. The highest BCUT2D eigenvalue weighted by molar-refractivity contribution is 5.92. The molecule has 0 bridgehead atoms. The van der Waals surface area contributed by atoms with Crippen LogP contribution in [0.25, 0.3) is 0 Å². The number of amides is 2. The Morgan fingerprint density at radius 3 is 2.50 bits per heavy atom. The van der Waals surface area contributed by atoms with Gasteiger partial charge < -0.3 is 25.6 Å². The summed E-state index contributed by atoms with van der Waals surface area (Å²) in [5.41, 5.74) is 6.29. The van der Waals surface area contributed by atoms with Crippen molar-refractivity contribution < 1.29 is 24.2 Å². The molecule has 0 radical (unpaired) electrons. The molecule has 7 nitrogen and oxygen atoms in total. The van der Waals surface area contributed by atoms with Gasteiger partial charge in [-0.15, -0.1) is 0 Å². The van der Waals surface area contributed by atoms with E-state index in [9.17, 15) is 14.7 Å². The van der Waals surface area contributed by atoms with Gasteiger partial charge in [-0.05, 0) is 42.0 Å². The van der Waals surface area contributed by atoms with Crippen molar-refractivity contribution in [1.29, 1.82) is 0 Å². The number of aromatic hydroxyl groups is 1. The quantitative estimate of drug-likeness (QED) is 0.706. The second kappa shape index (κ2) is 7.87. The number of hydrogen-bond acceptors (Lipinski definition) is 5. The van der Waals surface area contributed by atoms with Crippen LogP contribution in [0.1, 0.15) is 15.9 Å². The van der Waals surface area contributed by atoms with E-state index in [1.165, 1.54) is 25.3 Å². The number of phenols is 1. The zero-order valence-electron chi connectivity index (χ0n) is 13.1. The molecule has 2 amide bonds. The lowest BCUT2D eigenvalue weighted by molar-refractivity contribution is -0.123. The van der Waals surface area contributed by atoms with E-state index in [2.05, 4.69) is 5.32 Å². The number of carbonyl (C=O) groups excluding carboxylic acids is 2. The standard InChI is InChI=1S/C17H18N2O5/c1-23-15-8-11(2-7-14(15)20)9-19-16(21)10-24-13-5-3-12(4-6-13)17(18)22/h2-8,20H,9-10H2,1H3,(H2,18,22)(H,19,21). The Labute approximate surface area is 139 Å². The van der Waals surface area contributed by atoms with Gasteiger partial charge in [-0.25, -0.2) is 0 Å². The van der Waals surface area contributed by atoms with Crippen LogP contribution < -0.4 is 20.5 Å². The topological polar surface area (TPSA) is 111 Å². The van der Waals surface area contributed by atoms with Crippen molar-refractivity contribution in [2.45, 2.75) is 6.54 Å². The van der Waals surface area contributed by atoms with E-state index in [4.69, 9.17) is 15.2 Å². The van der Waals surface area contributed by atoms with Crippen molar-refractivity contribution >= 4 is 11.8 Å². The highest BCUT2D eigenvalue weighted by Crippen LogP contribution is 2.26. The SMILES string of the molecule is COc1cc(CNC(=O)COc2ccc(C(N)=O)cc2)ccc1O. The Morgan fingerprint density at radius 1 is 1.17 bits per heavy atom. The van der Waals surface area contributed by atoms with Crippen LogP contribution in [-0.2, 0) is 11.3 Å². The molecule has 0 heterocycles. The van der Waals surface area contributed by atoms with Crippen LogP contribution in [0, 0.1) is 0 Å². The number of methoxy groups -OCH3 is 1. The lowest BCUT2D eigenvalue weighted by Crippen LogP contribution is -2.28. The third-order valence-corrected chi connectivity index (χ3v) is 3.24. The molecule has 0 aromatic heterocycles. The van der Waals surface area contributed by atoms with Crippen LogP contribution in [0.15, 0.2) is 42.5 Å². The molecule has 4 N–H and O–H groups in total. The van der Waals surface area contributed by atoms with Gasteiger partial charge in [0.2, 0.25) is 5.91 Å². The summed E-state index contributed by atoms with van der Waals surface area (Å²) in [6, 6.07) is 11.0. The molecule has 0 saturated carbocycles. The number of rotatable bonds is 7. The number of carbonyl (C=O) groups is 2. The van der Waals surface area contributed by atoms with Crippen LogP contribution in [0.4, 0.5) is 0 Å². The average molecular weight is 330 g/mol. The zero-order valence-corrected chi connectivity index (χ0v) is 13.1. The fourth-order valence-corrected chi connectivity index (χ4v) is 1.95. The molecule has 0 unspecified atom stereocenters. The molecule has 0 aliphatic heterocycles. The zero-order chi connectivity index (χ0) is 17.5. The maximum Gasteiger partial charge on any atom is 0.258 e. The number of hydrogen-bond donors (Lipinski definition) is 3. The molecule has 7 heteroatoms. The Bertz CT molecular complexity index is 728. The normalized spacial score (nSPS) is 10.0. The molecule has 2 aromatic rings. The summed E-state index contributed by atoms with van der Waals surface area (Å²) in [5.74, 6) is 0.00829. The van der Waals surface area contributed by atoms with Gasteiger partial charge in [-0.3, -0.25) is 9.59 Å². The van der Waals surface area contributed by atoms with Crippen molar-refractivity contribution in [3.8, 4) is 17.2 Å². The number of primary amides is 1. The first-order valence-electron chi connectivity index (χ1n) is 7.15. The maximum atomic E-state index is 11.8. The molecular weight excluding hydrogens is 312 g/mol. The van der Waals surface area contributed by atoms with Gasteiger partial charge in [-0.2, -0.15) is 0 Å².